The Labute approximate surface area is 161 Å². The number of nitrogens with one attached hydrogen (secondary N) is 2. The Morgan fingerprint density at radius 1 is 0.615 bits per heavy atom. The van der Waals surface area contributed by atoms with Crippen LogP contribution in [0.3, 0.4) is 0 Å². The van der Waals surface area contributed by atoms with Crippen molar-refractivity contribution < 1.29 is 0 Å². The maximum Gasteiger partial charge on any atom is 0.00733 e. The van der Waals surface area contributed by atoms with Crippen LogP contribution < -0.4 is 10.6 Å². The van der Waals surface area contributed by atoms with Gasteiger partial charge in [-0.05, 0) is 103 Å². The maximum atomic E-state index is 3.77. The van der Waals surface area contributed by atoms with E-state index in [2.05, 4.69) is 34.5 Å². The number of hydrogen-bond donors (Lipinski definition) is 2. The molecule has 4 heteroatoms. The van der Waals surface area contributed by atoms with Gasteiger partial charge in [-0.1, -0.05) is 0 Å². The monoisotopic (exact) mass is 362 g/mol. The average molecular weight is 363 g/mol. The molecule has 4 heterocycles. The lowest BCUT2D eigenvalue weighted by atomic mass is 9.92. The van der Waals surface area contributed by atoms with Crippen LogP contribution in [0.25, 0.3) is 0 Å². The number of fused-ring (bicyclic) bond motifs is 4. The summed E-state index contributed by atoms with van der Waals surface area (Å²) >= 11 is 0. The Morgan fingerprint density at radius 3 is 1.31 bits per heavy atom. The third-order valence-corrected chi connectivity index (χ3v) is 7.61. The lowest BCUT2D eigenvalue weighted by molar-refractivity contribution is 0.197. The Balaban J connectivity index is 1.06. The first kappa shape index (κ1) is 19.2. The predicted octanol–water partition coefficient (Wildman–Crippen LogP) is 2.69. The molecule has 0 saturated carbocycles. The van der Waals surface area contributed by atoms with Crippen LogP contribution in [0, 0.1) is 11.8 Å². The van der Waals surface area contributed by atoms with E-state index in [1.54, 1.807) is 0 Å². The molecule has 4 fully saturated rings. The van der Waals surface area contributed by atoms with Gasteiger partial charge < -0.3 is 20.4 Å². The van der Waals surface area contributed by atoms with E-state index in [1.165, 1.54) is 90.4 Å². The molecule has 4 saturated heterocycles. The van der Waals surface area contributed by atoms with Crippen LogP contribution in [0.1, 0.15) is 64.2 Å². The first-order valence-corrected chi connectivity index (χ1v) is 11.5. The molecule has 0 spiro atoms. The van der Waals surface area contributed by atoms with Crippen molar-refractivity contribution in [2.24, 2.45) is 11.8 Å². The predicted molar refractivity (Wildman–Crippen MR) is 110 cm³/mol. The fraction of sp³-hybridized carbons (Fsp3) is 1.00. The standard InChI is InChI=1S/C22H42N4/c1-25(15-17-11-19-5-6-20(12-17)23-19)9-3-4-10-26(2)16-18-13-21-7-8-22(14-18)24-21/h17-24H,3-16H2,1-2H3. The van der Waals surface area contributed by atoms with E-state index in [9.17, 15) is 0 Å². The van der Waals surface area contributed by atoms with Crippen LogP contribution in [0.5, 0.6) is 0 Å². The smallest absolute Gasteiger partial charge is 0.00733 e. The minimum atomic E-state index is 0.839. The largest absolute Gasteiger partial charge is 0.311 e. The van der Waals surface area contributed by atoms with Gasteiger partial charge in [0.05, 0.1) is 0 Å². The molecule has 4 unspecified atom stereocenters. The fourth-order valence-electron chi connectivity index (χ4n) is 6.48. The second kappa shape index (κ2) is 8.89. The van der Waals surface area contributed by atoms with Gasteiger partial charge in [0.25, 0.3) is 0 Å². The van der Waals surface area contributed by atoms with E-state index < -0.39 is 0 Å². The Hall–Kier alpha value is -0.160. The zero-order valence-electron chi connectivity index (χ0n) is 17.3. The molecule has 4 rings (SSSR count). The first-order valence-electron chi connectivity index (χ1n) is 11.5. The molecular weight excluding hydrogens is 320 g/mol. The SMILES string of the molecule is CN(CCCCN(C)CC1CC2CCC(C1)N2)CC1CC2CCC(C1)N2. The summed E-state index contributed by atoms with van der Waals surface area (Å²) in [5, 5.41) is 7.55. The van der Waals surface area contributed by atoms with Crippen molar-refractivity contribution in [3.05, 3.63) is 0 Å². The molecular formula is C22H42N4. The highest BCUT2D eigenvalue weighted by Gasteiger charge is 2.34. The summed E-state index contributed by atoms with van der Waals surface area (Å²) in [5.41, 5.74) is 0. The van der Waals surface area contributed by atoms with Crippen molar-refractivity contribution in [3.8, 4) is 0 Å². The van der Waals surface area contributed by atoms with Crippen molar-refractivity contribution in [1.82, 2.24) is 20.4 Å². The Morgan fingerprint density at radius 2 is 0.962 bits per heavy atom. The molecule has 0 aromatic heterocycles. The highest BCUT2D eigenvalue weighted by molar-refractivity contribution is 4.93. The van der Waals surface area contributed by atoms with Crippen LogP contribution in [0.4, 0.5) is 0 Å². The number of piperidine rings is 2. The quantitative estimate of drug-likeness (QED) is 0.618. The fourth-order valence-corrected chi connectivity index (χ4v) is 6.48. The van der Waals surface area contributed by atoms with Crippen LogP contribution >= 0.6 is 0 Å². The van der Waals surface area contributed by atoms with E-state index in [0.717, 1.165) is 36.0 Å². The van der Waals surface area contributed by atoms with Gasteiger partial charge in [0, 0.05) is 37.3 Å². The van der Waals surface area contributed by atoms with Crippen molar-refractivity contribution in [2.75, 3.05) is 40.3 Å². The summed E-state index contributed by atoms with van der Waals surface area (Å²) in [6.45, 7) is 5.21. The lowest BCUT2D eigenvalue weighted by Gasteiger charge is -2.32. The molecule has 0 aliphatic carbocycles. The number of rotatable bonds is 9. The Bertz CT molecular complexity index is 378. The first-order chi connectivity index (χ1) is 12.6. The van der Waals surface area contributed by atoms with Gasteiger partial charge in [0.1, 0.15) is 0 Å². The number of hydrogen-bond acceptors (Lipinski definition) is 4. The van der Waals surface area contributed by atoms with Crippen LogP contribution in [0.15, 0.2) is 0 Å². The van der Waals surface area contributed by atoms with Crippen molar-refractivity contribution in [1.29, 1.82) is 0 Å². The van der Waals surface area contributed by atoms with E-state index in [4.69, 9.17) is 0 Å². The lowest BCUT2D eigenvalue weighted by Crippen LogP contribution is -2.42. The summed E-state index contributed by atoms with van der Waals surface area (Å²) in [4.78, 5) is 5.22. The van der Waals surface area contributed by atoms with E-state index >= 15 is 0 Å². The molecule has 0 aromatic rings. The normalized spacial score (nSPS) is 39.2. The highest BCUT2D eigenvalue weighted by atomic mass is 15.1. The molecule has 4 aliphatic heterocycles. The van der Waals surface area contributed by atoms with Gasteiger partial charge in [-0.3, -0.25) is 0 Å². The summed E-state index contributed by atoms with van der Waals surface area (Å²) in [5.74, 6) is 1.88. The second-order valence-corrected chi connectivity index (χ2v) is 10.2. The zero-order valence-corrected chi connectivity index (χ0v) is 17.3. The van der Waals surface area contributed by atoms with Crippen LogP contribution in [0.2, 0.25) is 0 Å². The summed E-state index contributed by atoms with van der Waals surface area (Å²) < 4.78 is 0. The van der Waals surface area contributed by atoms with Gasteiger partial charge in [-0.2, -0.15) is 0 Å². The molecule has 4 atom stereocenters. The molecule has 4 nitrogen and oxygen atoms in total. The molecule has 26 heavy (non-hydrogen) atoms. The highest BCUT2D eigenvalue weighted by Crippen LogP contribution is 2.32. The zero-order chi connectivity index (χ0) is 17.9. The van der Waals surface area contributed by atoms with E-state index in [1.807, 2.05) is 0 Å². The summed E-state index contributed by atoms with van der Waals surface area (Å²) in [6.07, 6.45) is 14.1. The van der Waals surface area contributed by atoms with Gasteiger partial charge in [-0.15, -0.1) is 0 Å². The number of nitrogens with zero attached hydrogens (tertiary/aromatic N) is 2. The average Bonchev–Trinajstić information content (AvgIpc) is 3.12. The van der Waals surface area contributed by atoms with Crippen LogP contribution in [-0.4, -0.2) is 74.2 Å². The van der Waals surface area contributed by atoms with Gasteiger partial charge in [-0.25, -0.2) is 0 Å². The van der Waals surface area contributed by atoms with Crippen molar-refractivity contribution in [3.63, 3.8) is 0 Å². The van der Waals surface area contributed by atoms with Crippen molar-refractivity contribution in [2.45, 2.75) is 88.4 Å². The van der Waals surface area contributed by atoms with Gasteiger partial charge in [0.2, 0.25) is 0 Å². The molecule has 0 radical (unpaired) electrons. The van der Waals surface area contributed by atoms with Crippen LogP contribution in [-0.2, 0) is 0 Å². The molecule has 2 N–H and O–H groups in total. The summed E-state index contributed by atoms with van der Waals surface area (Å²) in [7, 11) is 4.69. The third-order valence-electron chi connectivity index (χ3n) is 7.61. The minimum absolute atomic E-state index is 0.839. The molecule has 0 amide bonds. The molecule has 4 aliphatic rings. The maximum absolute atomic E-state index is 3.77. The van der Waals surface area contributed by atoms with Gasteiger partial charge >= 0.3 is 0 Å². The minimum Gasteiger partial charge on any atom is -0.311 e. The molecule has 0 aromatic carbocycles. The van der Waals surface area contributed by atoms with Gasteiger partial charge in [0.15, 0.2) is 0 Å². The topological polar surface area (TPSA) is 30.5 Å². The molecule has 4 bridgehead atoms. The summed E-state index contributed by atoms with van der Waals surface area (Å²) in [6, 6.07) is 3.36. The Kier molecular flexibility index (Phi) is 6.56. The second-order valence-electron chi connectivity index (χ2n) is 10.2. The van der Waals surface area contributed by atoms with Crippen molar-refractivity contribution >= 4 is 0 Å². The number of unbranched alkanes of at least 4 members (excludes halogenated alkanes) is 1. The van der Waals surface area contributed by atoms with E-state index in [-0.39, 0.29) is 0 Å². The third kappa shape index (κ3) is 5.21. The van der Waals surface area contributed by atoms with E-state index in [0.29, 0.717) is 0 Å². The molecule has 150 valence electrons.